The van der Waals surface area contributed by atoms with Crippen LogP contribution >= 0.6 is 23.3 Å². The van der Waals surface area contributed by atoms with Gasteiger partial charge in [0.05, 0.1) is 18.9 Å². The molecule has 0 bridgehead atoms. The van der Waals surface area contributed by atoms with Crippen LogP contribution in [0.4, 0.5) is 0 Å². The molecule has 0 aliphatic rings. The van der Waals surface area contributed by atoms with E-state index in [4.69, 9.17) is 9.47 Å². The van der Waals surface area contributed by atoms with Crippen LogP contribution in [0.25, 0.3) is 10.2 Å². The summed E-state index contributed by atoms with van der Waals surface area (Å²) in [4.78, 5) is 4.65. The zero-order chi connectivity index (χ0) is 15.4. The molecule has 4 nitrogen and oxygen atoms in total. The van der Waals surface area contributed by atoms with Crippen molar-refractivity contribution in [3.63, 3.8) is 0 Å². The molecule has 0 radical (unpaired) electrons. The van der Waals surface area contributed by atoms with E-state index in [1.54, 1.807) is 37.5 Å². The molecule has 1 atom stereocenters. The van der Waals surface area contributed by atoms with Gasteiger partial charge in [-0.1, -0.05) is 13.8 Å². The topological polar surface area (TPSA) is 43.4 Å². The summed E-state index contributed by atoms with van der Waals surface area (Å²) >= 11 is 3.24. The van der Waals surface area contributed by atoms with Crippen LogP contribution in [0.3, 0.4) is 0 Å². The second-order valence-corrected chi connectivity index (χ2v) is 7.52. The minimum Gasteiger partial charge on any atom is -0.497 e. The monoisotopic (exact) mass is 326 g/mol. The number of rotatable bonds is 7. The maximum Gasteiger partial charge on any atom is 0.166 e. The first-order valence-corrected chi connectivity index (χ1v) is 8.61. The molecular weight excluding hydrogens is 304 g/mol. The van der Waals surface area contributed by atoms with Gasteiger partial charge in [-0.2, -0.15) is 0 Å². The van der Waals surface area contributed by atoms with Gasteiger partial charge in [0.1, 0.15) is 17.0 Å². The van der Waals surface area contributed by atoms with Crippen LogP contribution in [0, 0.1) is 5.92 Å². The molecule has 2 aromatic rings. The Labute approximate surface area is 134 Å². The number of hydrogen-bond donors (Lipinski definition) is 1. The molecule has 0 saturated heterocycles. The fourth-order valence-corrected chi connectivity index (χ4v) is 4.04. The molecule has 21 heavy (non-hydrogen) atoms. The minimum absolute atomic E-state index is 0.457. The van der Waals surface area contributed by atoms with Crippen molar-refractivity contribution >= 4 is 33.5 Å². The third kappa shape index (κ3) is 4.25. The SMILES string of the molecule is COc1cc(OC)c2nc(SNC(C)CC(C)C)sc2c1. The van der Waals surface area contributed by atoms with Crippen molar-refractivity contribution in [1.29, 1.82) is 0 Å². The molecule has 1 N–H and O–H groups in total. The van der Waals surface area contributed by atoms with Crippen LogP contribution in [-0.4, -0.2) is 25.2 Å². The van der Waals surface area contributed by atoms with E-state index >= 15 is 0 Å². The lowest BCUT2D eigenvalue weighted by molar-refractivity contribution is 0.397. The predicted molar refractivity (Wildman–Crippen MR) is 90.6 cm³/mol. The van der Waals surface area contributed by atoms with Crippen LogP contribution in [0.15, 0.2) is 16.5 Å². The van der Waals surface area contributed by atoms with E-state index in [9.17, 15) is 0 Å². The summed E-state index contributed by atoms with van der Waals surface area (Å²) in [6.45, 7) is 6.67. The lowest BCUT2D eigenvalue weighted by Gasteiger charge is -2.13. The third-order valence-corrected chi connectivity index (χ3v) is 5.12. The largest absolute Gasteiger partial charge is 0.497 e. The second kappa shape index (κ2) is 7.33. The summed E-state index contributed by atoms with van der Waals surface area (Å²) in [6, 6.07) is 4.32. The van der Waals surface area contributed by atoms with Crippen LogP contribution in [0.5, 0.6) is 11.5 Å². The van der Waals surface area contributed by atoms with E-state index in [1.165, 1.54) is 0 Å². The van der Waals surface area contributed by atoms with Crippen LogP contribution in [-0.2, 0) is 0 Å². The number of nitrogens with one attached hydrogen (secondary N) is 1. The number of aromatic nitrogens is 1. The van der Waals surface area contributed by atoms with Gasteiger partial charge in [-0.25, -0.2) is 4.98 Å². The molecule has 0 fully saturated rings. The van der Waals surface area contributed by atoms with E-state index in [1.807, 2.05) is 12.1 Å². The first-order valence-electron chi connectivity index (χ1n) is 6.98. The minimum atomic E-state index is 0.457. The lowest BCUT2D eigenvalue weighted by Crippen LogP contribution is -2.20. The van der Waals surface area contributed by atoms with Gasteiger partial charge in [-0.15, -0.1) is 11.3 Å². The Bertz CT molecular complexity index is 599. The maximum atomic E-state index is 5.40. The zero-order valence-electron chi connectivity index (χ0n) is 13.1. The summed E-state index contributed by atoms with van der Waals surface area (Å²) in [7, 11) is 3.32. The fourth-order valence-electron chi connectivity index (χ4n) is 2.18. The molecule has 1 heterocycles. The van der Waals surface area contributed by atoms with E-state index in [-0.39, 0.29) is 0 Å². The number of fused-ring (bicyclic) bond motifs is 1. The highest BCUT2D eigenvalue weighted by molar-refractivity contribution is 7.99. The molecule has 1 aromatic carbocycles. The molecule has 0 aliphatic heterocycles. The highest BCUT2D eigenvalue weighted by Crippen LogP contribution is 2.37. The molecule has 2 rings (SSSR count). The van der Waals surface area contributed by atoms with Crippen LogP contribution in [0.1, 0.15) is 27.2 Å². The van der Waals surface area contributed by atoms with E-state index in [2.05, 4.69) is 30.5 Å². The number of nitrogens with zero attached hydrogens (tertiary/aromatic N) is 1. The molecule has 116 valence electrons. The molecule has 6 heteroatoms. The molecule has 0 saturated carbocycles. The van der Waals surface area contributed by atoms with Gasteiger partial charge in [0.25, 0.3) is 0 Å². The number of benzene rings is 1. The van der Waals surface area contributed by atoms with Gasteiger partial charge >= 0.3 is 0 Å². The molecule has 0 amide bonds. The molecule has 1 aromatic heterocycles. The van der Waals surface area contributed by atoms with Crippen molar-refractivity contribution in [2.24, 2.45) is 5.92 Å². The maximum absolute atomic E-state index is 5.40. The van der Waals surface area contributed by atoms with Gasteiger partial charge in [0, 0.05) is 12.1 Å². The summed E-state index contributed by atoms with van der Waals surface area (Å²) in [5, 5.41) is 0. The first-order chi connectivity index (χ1) is 10.0. The summed E-state index contributed by atoms with van der Waals surface area (Å²) < 4.78 is 16.2. The summed E-state index contributed by atoms with van der Waals surface area (Å²) in [6.07, 6.45) is 1.15. The van der Waals surface area contributed by atoms with Crippen LogP contribution in [0.2, 0.25) is 0 Å². The van der Waals surface area contributed by atoms with Crippen molar-refractivity contribution in [3.8, 4) is 11.5 Å². The average Bonchev–Trinajstić information content (AvgIpc) is 2.86. The number of methoxy groups -OCH3 is 2. The first kappa shape index (κ1) is 16.4. The van der Waals surface area contributed by atoms with Gasteiger partial charge in [0.2, 0.25) is 0 Å². The van der Waals surface area contributed by atoms with Gasteiger partial charge < -0.3 is 9.47 Å². The van der Waals surface area contributed by atoms with E-state index < -0.39 is 0 Å². The molecular formula is C15H22N2O2S2. The Hall–Kier alpha value is -0.980. The highest BCUT2D eigenvalue weighted by Gasteiger charge is 2.13. The quantitative estimate of drug-likeness (QED) is 0.767. The Morgan fingerprint density at radius 3 is 2.62 bits per heavy atom. The molecule has 0 spiro atoms. The number of hydrogen-bond acceptors (Lipinski definition) is 6. The number of thiazole rings is 1. The lowest BCUT2D eigenvalue weighted by atomic mass is 10.1. The number of ether oxygens (including phenoxy) is 2. The van der Waals surface area contributed by atoms with Crippen LogP contribution < -0.4 is 14.2 Å². The van der Waals surface area contributed by atoms with Gasteiger partial charge in [-0.3, -0.25) is 4.72 Å². The Morgan fingerprint density at radius 2 is 2.00 bits per heavy atom. The summed E-state index contributed by atoms with van der Waals surface area (Å²) in [5.74, 6) is 2.23. The highest BCUT2D eigenvalue weighted by atomic mass is 32.2. The normalized spacial score (nSPS) is 12.9. The van der Waals surface area contributed by atoms with E-state index in [0.29, 0.717) is 12.0 Å². The van der Waals surface area contributed by atoms with Crippen molar-refractivity contribution in [1.82, 2.24) is 9.71 Å². The molecule has 0 aliphatic carbocycles. The Morgan fingerprint density at radius 1 is 1.24 bits per heavy atom. The van der Waals surface area contributed by atoms with Gasteiger partial charge in [-0.05, 0) is 37.3 Å². The van der Waals surface area contributed by atoms with Crippen molar-refractivity contribution in [3.05, 3.63) is 12.1 Å². The van der Waals surface area contributed by atoms with Crippen molar-refractivity contribution < 1.29 is 9.47 Å². The summed E-state index contributed by atoms with van der Waals surface area (Å²) in [5.41, 5.74) is 0.893. The predicted octanol–water partition coefficient (Wildman–Crippen LogP) is 4.34. The second-order valence-electron chi connectivity index (χ2n) is 5.41. The zero-order valence-corrected chi connectivity index (χ0v) is 14.7. The Balaban J connectivity index is 2.15. The smallest absolute Gasteiger partial charge is 0.166 e. The standard InChI is InChI=1S/C15H22N2O2S2/c1-9(2)6-10(3)17-21-15-16-14-12(19-5)7-11(18-4)8-13(14)20-15/h7-10,17H,6H2,1-5H3. The van der Waals surface area contributed by atoms with Crippen molar-refractivity contribution in [2.45, 2.75) is 37.6 Å². The average molecular weight is 326 g/mol. The van der Waals surface area contributed by atoms with Crippen molar-refractivity contribution in [2.75, 3.05) is 14.2 Å². The third-order valence-electron chi connectivity index (χ3n) is 3.04. The molecule has 1 unspecified atom stereocenters. The Kier molecular flexibility index (Phi) is 5.72. The van der Waals surface area contributed by atoms with Gasteiger partial charge in [0.15, 0.2) is 4.34 Å². The van der Waals surface area contributed by atoms with E-state index in [0.717, 1.165) is 32.5 Å². The fraction of sp³-hybridized carbons (Fsp3) is 0.533.